The van der Waals surface area contributed by atoms with E-state index in [0.717, 1.165) is 24.2 Å². The van der Waals surface area contributed by atoms with Gasteiger partial charge in [0.15, 0.2) is 0 Å². The predicted molar refractivity (Wildman–Crippen MR) is 84.4 cm³/mol. The summed E-state index contributed by atoms with van der Waals surface area (Å²) < 4.78 is 11.8. The first kappa shape index (κ1) is 16.2. The maximum absolute atomic E-state index is 6.57. The van der Waals surface area contributed by atoms with Gasteiger partial charge in [-0.25, -0.2) is 0 Å². The highest BCUT2D eigenvalue weighted by Crippen LogP contribution is 2.40. The average molecular weight is 292 g/mol. The molecule has 4 heteroatoms. The van der Waals surface area contributed by atoms with Gasteiger partial charge in [0.05, 0.1) is 23.9 Å². The summed E-state index contributed by atoms with van der Waals surface area (Å²) in [5, 5.41) is 0. The molecule has 0 bridgehead atoms. The lowest BCUT2D eigenvalue weighted by molar-refractivity contribution is -0.0831. The molecular formula is C17H28N2O2. The molecule has 2 N–H and O–H groups in total. The summed E-state index contributed by atoms with van der Waals surface area (Å²) >= 11 is 0. The van der Waals surface area contributed by atoms with E-state index in [4.69, 9.17) is 15.2 Å². The number of nitrogens with zero attached hydrogens (tertiary/aromatic N) is 1. The summed E-state index contributed by atoms with van der Waals surface area (Å²) in [4.78, 5) is 4.28. The summed E-state index contributed by atoms with van der Waals surface area (Å²) in [7, 11) is 0. The Kier molecular flexibility index (Phi) is 5.59. The molecule has 1 heterocycles. The van der Waals surface area contributed by atoms with Crippen LogP contribution in [0.1, 0.15) is 64.5 Å². The molecule has 4 nitrogen and oxygen atoms in total. The Balaban J connectivity index is 2.21. The lowest BCUT2D eigenvalue weighted by Gasteiger charge is -2.41. The van der Waals surface area contributed by atoms with Crippen LogP contribution in [-0.2, 0) is 4.74 Å². The fourth-order valence-corrected chi connectivity index (χ4v) is 3.23. The van der Waals surface area contributed by atoms with Crippen LogP contribution < -0.4 is 10.5 Å². The van der Waals surface area contributed by atoms with E-state index in [1.165, 1.54) is 19.3 Å². The van der Waals surface area contributed by atoms with Crippen molar-refractivity contribution in [3.05, 3.63) is 24.0 Å². The molecule has 0 aliphatic heterocycles. The third-order valence-corrected chi connectivity index (χ3v) is 4.16. The van der Waals surface area contributed by atoms with E-state index in [1.807, 2.05) is 33.0 Å². The number of hydrogen-bond acceptors (Lipinski definition) is 4. The third-order valence-electron chi connectivity index (χ3n) is 4.16. The molecule has 1 fully saturated rings. The van der Waals surface area contributed by atoms with Crippen LogP contribution in [0.4, 0.5) is 0 Å². The maximum atomic E-state index is 6.57. The van der Waals surface area contributed by atoms with E-state index >= 15 is 0 Å². The second kappa shape index (κ2) is 7.23. The standard InChI is InChI=1S/C17H28N2O2/c1-4-20-17(8-6-5-7-9-17)16(18)14-10-15(12-19-11-14)21-13(2)3/h10-13,16H,4-9,18H2,1-3H3. The zero-order valence-corrected chi connectivity index (χ0v) is 13.5. The van der Waals surface area contributed by atoms with Gasteiger partial charge in [-0.3, -0.25) is 4.98 Å². The quantitative estimate of drug-likeness (QED) is 0.870. The van der Waals surface area contributed by atoms with Crippen molar-refractivity contribution in [2.24, 2.45) is 5.73 Å². The highest BCUT2D eigenvalue weighted by molar-refractivity contribution is 5.28. The lowest BCUT2D eigenvalue weighted by Crippen LogP contribution is -2.45. The molecular weight excluding hydrogens is 264 g/mol. The molecule has 1 aromatic heterocycles. The lowest BCUT2D eigenvalue weighted by atomic mass is 9.77. The number of rotatable bonds is 6. The summed E-state index contributed by atoms with van der Waals surface area (Å²) in [6, 6.07) is 1.86. The number of aromatic nitrogens is 1. The number of pyridine rings is 1. The van der Waals surface area contributed by atoms with Gasteiger partial charge < -0.3 is 15.2 Å². The van der Waals surface area contributed by atoms with Crippen LogP contribution in [0.2, 0.25) is 0 Å². The van der Waals surface area contributed by atoms with Crippen molar-refractivity contribution in [1.82, 2.24) is 4.98 Å². The van der Waals surface area contributed by atoms with Gasteiger partial charge in [0.2, 0.25) is 0 Å². The zero-order chi connectivity index (χ0) is 15.3. The fraction of sp³-hybridized carbons (Fsp3) is 0.706. The Morgan fingerprint density at radius 1 is 1.24 bits per heavy atom. The van der Waals surface area contributed by atoms with E-state index in [0.29, 0.717) is 6.61 Å². The monoisotopic (exact) mass is 292 g/mol. The molecule has 1 atom stereocenters. The second-order valence-electron chi connectivity index (χ2n) is 6.16. The average Bonchev–Trinajstić information content (AvgIpc) is 2.47. The van der Waals surface area contributed by atoms with Crippen LogP contribution >= 0.6 is 0 Å². The molecule has 118 valence electrons. The Morgan fingerprint density at radius 3 is 2.57 bits per heavy atom. The Morgan fingerprint density at radius 2 is 1.95 bits per heavy atom. The van der Waals surface area contributed by atoms with Crippen molar-refractivity contribution >= 4 is 0 Å². The van der Waals surface area contributed by atoms with Crippen molar-refractivity contribution in [2.75, 3.05) is 6.61 Å². The largest absolute Gasteiger partial charge is 0.489 e. The minimum Gasteiger partial charge on any atom is -0.489 e. The molecule has 1 saturated carbocycles. The molecule has 0 saturated heterocycles. The molecule has 1 aromatic rings. The summed E-state index contributed by atoms with van der Waals surface area (Å²) in [5.41, 5.74) is 7.33. The summed E-state index contributed by atoms with van der Waals surface area (Å²) in [6.45, 7) is 6.76. The van der Waals surface area contributed by atoms with E-state index < -0.39 is 0 Å². The molecule has 1 aliphatic carbocycles. The Labute approximate surface area is 128 Å². The fourth-order valence-electron chi connectivity index (χ4n) is 3.23. The van der Waals surface area contributed by atoms with Crippen molar-refractivity contribution in [1.29, 1.82) is 0 Å². The molecule has 0 radical (unpaired) electrons. The number of ether oxygens (including phenoxy) is 2. The van der Waals surface area contributed by atoms with E-state index in [9.17, 15) is 0 Å². The molecule has 1 unspecified atom stereocenters. The minimum absolute atomic E-state index is 0.133. The van der Waals surface area contributed by atoms with Gasteiger partial charge in [0.25, 0.3) is 0 Å². The molecule has 0 spiro atoms. The van der Waals surface area contributed by atoms with E-state index in [1.54, 1.807) is 6.20 Å². The summed E-state index contributed by atoms with van der Waals surface area (Å²) in [5.74, 6) is 0.778. The Hall–Kier alpha value is -1.13. The molecule has 1 aliphatic rings. The van der Waals surface area contributed by atoms with Gasteiger partial charge >= 0.3 is 0 Å². The minimum atomic E-state index is -0.245. The Bertz CT molecular complexity index is 437. The molecule has 0 amide bonds. The number of hydrogen-bond donors (Lipinski definition) is 1. The predicted octanol–water partition coefficient (Wildman–Crippen LogP) is 3.61. The smallest absolute Gasteiger partial charge is 0.138 e. The van der Waals surface area contributed by atoms with Crippen LogP contribution in [0.3, 0.4) is 0 Å². The van der Waals surface area contributed by atoms with Gasteiger partial charge in [-0.2, -0.15) is 0 Å². The highest BCUT2D eigenvalue weighted by Gasteiger charge is 2.39. The van der Waals surface area contributed by atoms with Gasteiger partial charge in [-0.15, -0.1) is 0 Å². The van der Waals surface area contributed by atoms with Gasteiger partial charge in [-0.05, 0) is 45.2 Å². The topological polar surface area (TPSA) is 57.4 Å². The van der Waals surface area contributed by atoms with Gasteiger partial charge in [-0.1, -0.05) is 19.3 Å². The third kappa shape index (κ3) is 3.95. The van der Waals surface area contributed by atoms with Crippen LogP contribution in [0.15, 0.2) is 18.5 Å². The van der Waals surface area contributed by atoms with Crippen LogP contribution in [-0.4, -0.2) is 23.3 Å². The molecule has 2 rings (SSSR count). The number of nitrogens with two attached hydrogens (primary N) is 1. The van der Waals surface area contributed by atoms with Crippen LogP contribution in [0.25, 0.3) is 0 Å². The van der Waals surface area contributed by atoms with Crippen molar-refractivity contribution in [3.8, 4) is 5.75 Å². The molecule has 0 aromatic carbocycles. The van der Waals surface area contributed by atoms with Gasteiger partial charge in [0, 0.05) is 12.8 Å². The summed E-state index contributed by atoms with van der Waals surface area (Å²) in [6.07, 6.45) is 9.41. The first-order chi connectivity index (χ1) is 10.1. The molecule has 21 heavy (non-hydrogen) atoms. The van der Waals surface area contributed by atoms with Gasteiger partial charge in [0.1, 0.15) is 5.75 Å². The van der Waals surface area contributed by atoms with E-state index in [2.05, 4.69) is 4.98 Å². The van der Waals surface area contributed by atoms with Crippen molar-refractivity contribution < 1.29 is 9.47 Å². The first-order valence-corrected chi connectivity index (χ1v) is 8.08. The normalized spacial score (nSPS) is 19.5. The zero-order valence-electron chi connectivity index (χ0n) is 13.5. The maximum Gasteiger partial charge on any atom is 0.138 e. The second-order valence-corrected chi connectivity index (χ2v) is 6.16. The van der Waals surface area contributed by atoms with Crippen LogP contribution in [0, 0.1) is 0 Å². The van der Waals surface area contributed by atoms with E-state index in [-0.39, 0.29) is 17.7 Å². The highest BCUT2D eigenvalue weighted by atomic mass is 16.5. The van der Waals surface area contributed by atoms with Crippen LogP contribution in [0.5, 0.6) is 5.75 Å². The van der Waals surface area contributed by atoms with Crippen molar-refractivity contribution in [2.45, 2.75) is 70.6 Å². The first-order valence-electron chi connectivity index (χ1n) is 8.08. The SMILES string of the molecule is CCOC1(C(N)c2cncc(OC(C)C)c2)CCCCC1. The van der Waals surface area contributed by atoms with Crippen molar-refractivity contribution in [3.63, 3.8) is 0 Å².